The van der Waals surface area contributed by atoms with Gasteiger partial charge in [0.15, 0.2) is 0 Å². The van der Waals surface area contributed by atoms with Crippen LogP contribution in [0.15, 0.2) is 24.3 Å². The SMILES string of the molecule is CCN(Cc1ccc(N)cc1)CC1CCCCC1. The Morgan fingerprint density at radius 2 is 1.78 bits per heavy atom. The minimum Gasteiger partial charge on any atom is -0.399 e. The first-order chi connectivity index (χ1) is 8.78. The first kappa shape index (κ1) is 13.4. The van der Waals surface area contributed by atoms with E-state index in [9.17, 15) is 0 Å². The minimum absolute atomic E-state index is 0.856. The average Bonchev–Trinajstić information content (AvgIpc) is 2.41. The minimum atomic E-state index is 0.856. The predicted octanol–water partition coefficient (Wildman–Crippen LogP) is 3.67. The Morgan fingerprint density at radius 1 is 1.11 bits per heavy atom. The molecule has 2 nitrogen and oxygen atoms in total. The summed E-state index contributed by atoms with van der Waals surface area (Å²) in [4.78, 5) is 2.57. The van der Waals surface area contributed by atoms with Crippen molar-refractivity contribution in [2.45, 2.75) is 45.6 Å². The normalized spacial score (nSPS) is 17.2. The highest BCUT2D eigenvalue weighted by Gasteiger charge is 2.16. The molecule has 0 radical (unpaired) electrons. The van der Waals surface area contributed by atoms with Gasteiger partial charge in [-0.2, -0.15) is 0 Å². The molecule has 0 unspecified atom stereocenters. The Labute approximate surface area is 111 Å². The van der Waals surface area contributed by atoms with E-state index in [0.29, 0.717) is 0 Å². The second-order valence-corrected chi connectivity index (χ2v) is 5.57. The van der Waals surface area contributed by atoms with Crippen LogP contribution in [0.2, 0.25) is 0 Å². The molecular weight excluding hydrogens is 220 g/mol. The first-order valence-corrected chi connectivity index (χ1v) is 7.34. The van der Waals surface area contributed by atoms with Gasteiger partial charge in [0.25, 0.3) is 0 Å². The third-order valence-corrected chi connectivity index (χ3v) is 4.07. The first-order valence-electron chi connectivity index (χ1n) is 7.34. The van der Waals surface area contributed by atoms with Gasteiger partial charge < -0.3 is 5.73 Å². The Morgan fingerprint density at radius 3 is 2.39 bits per heavy atom. The number of benzene rings is 1. The molecule has 0 aromatic heterocycles. The number of rotatable bonds is 5. The molecule has 2 N–H and O–H groups in total. The predicted molar refractivity (Wildman–Crippen MR) is 78.4 cm³/mol. The zero-order valence-corrected chi connectivity index (χ0v) is 11.6. The molecule has 1 saturated carbocycles. The van der Waals surface area contributed by atoms with Gasteiger partial charge in [0.2, 0.25) is 0 Å². The highest BCUT2D eigenvalue weighted by Crippen LogP contribution is 2.24. The molecular formula is C16H26N2. The lowest BCUT2D eigenvalue weighted by Crippen LogP contribution is -2.30. The summed E-state index contributed by atoms with van der Waals surface area (Å²) < 4.78 is 0. The number of anilines is 1. The second kappa shape index (κ2) is 6.79. The van der Waals surface area contributed by atoms with Gasteiger partial charge in [0.1, 0.15) is 0 Å². The third-order valence-electron chi connectivity index (χ3n) is 4.07. The zero-order chi connectivity index (χ0) is 12.8. The van der Waals surface area contributed by atoms with Crippen molar-refractivity contribution in [2.24, 2.45) is 5.92 Å². The van der Waals surface area contributed by atoms with Crippen LogP contribution in [0.25, 0.3) is 0 Å². The summed E-state index contributed by atoms with van der Waals surface area (Å²) in [6.45, 7) is 5.73. The number of nitrogen functional groups attached to an aromatic ring is 1. The molecule has 0 spiro atoms. The number of nitrogens with two attached hydrogens (primary N) is 1. The molecule has 1 fully saturated rings. The molecule has 18 heavy (non-hydrogen) atoms. The lowest BCUT2D eigenvalue weighted by atomic mass is 9.89. The van der Waals surface area contributed by atoms with Crippen molar-refractivity contribution in [3.05, 3.63) is 29.8 Å². The van der Waals surface area contributed by atoms with Crippen molar-refractivity contribution >= 4 is 5.69 Å². The Bertz CT molecular complexity index is 339. The van der Waals surface area contributed by atoms with Gasteiger partial charge in [-0.15, -0.1) is 0 Å². The summed E-state index contributed by atoms with van der Waals surface area (Å²) >= 11 is 0. The molecule has 0 atom stereocenters. The molecule has 2 heteroatoms. The zero-order valence-electron chi connectivity index (χ0n) is 11.6. The fraction of sp³-hybridized carbons (Fsp3) is 0.625. The van der Waals surface area contributed by atoms with Crippen LogP contribution in [0.1, 0.15) is 44.6 Å². The summed E-state index contributed by atoms with van der Waals surface area (Å²) in [5.74, 6) is 0.924. The lowest BCUT2D eigenvalue weighted by molar-refractivity contribution is 0.202. The maximum absolute atomic E-state index is 5.73. The quantitative estimate of drug-likeness (QED) is 0.803. The fourth-order valence-electron chi connectivity index (χ4n) is 2.92. The molecule has 100 valence electrons. The molecule has 0 saturated heterocycles. The molecule has 0 heterocycles. The molecule has 0 bridgehead atoms. The lowest BCUT2D eigenvalue weighted by Gasteiger charge is -2.29. The topological polar surface area (TPSA) is 29.3 Å². The summed E-state index contributed by atoms with van der Waals surface area (Å²) in [5.41, 5.74) is 7.96. The molecule has 1 aromatic rings. The molecule has 1 aromatic carbocycles. The second-order valence-electron chi connectivity index (χ2n) is 5.57. The summed E-state index contributed by atoms with van der Waals surface area (Å²) in [5, 5.41) is 0. The molecule has 1 aliphatic rings. The van der Waals surface area contributed by atoms with Gasteiger partial charge in [0, 0.05) is 18.8 Å². The Balaban J connectivity index is 1.86. The monoisotopic (exact) mass is 246 g/mol. The van der Waals surface area contributed by atoms with Gasteiger partial charge >= 0.3 is 0 Å². The number of hydrogen-bond donors (Lipinski definition) is 1. The number of hydrogen-bond acceptors (Lipinski definition) is 2. The summed E-state index contributed by atoms with van der Waals surface area (Å²) in [6.07, 6.45) is 7.17. The average molecular weight is 246 g/mol. The molecule has 2 rings (SSSR count). The maximum atomic E-state index is 5.73. The van der Waals surface area contributed by atoms with E-state index in [1.54, 1.807) is 0 Å². The van der Waals surface area contributed by atoms with Crippen LogP contribution in [-0.2, 0) is 6.54 Å². The van der Waals surface area contributed by atoms with Crippen LogP contribution in [0, 0.1) is 5.92 Å². The van der Waals surface area contributed by atoms with E-state index in [1.807, 2.05) is 12.1 Å². The van der Waals surface area contributed by atoms with E-state index in [1.165, 1.54) is 44.2 Å². The van der Waals surface area contributed by atoms with Crippen molar-refractivity contribution in [2.75, 3.05) is 18.8 Å². The van der Waals surface area contributed by atoms with E-state index < -0.39 is 0 Å². The van der Waals surface area contributed by atoms with Crippen molar-refractivity contribution in [3.63, 3.8) is 0 Å². The largest absolute Gasteiger partial charge is 0.399 e. The van der Waals surface area contributed by atoms with Crippen LogP contribution in [0.3, 0.4) is 0 Å². The Hall–Kier alpha value is -1.02. The molecule has 0 amide bonds. The molecule has 1 aliphatic carbocycles. The van der Waals surface area contributed by atoms with Crippen LogP contribution >= 0.6 is 0 Å². The van der Waals surface area contributed by atoms with Gasteiger partial charge in [-0.1, -0.05) is 38.3 Å². The van der Waals surface area contributed by atoms with Gasteiger partial charge in [-0.05, 0) is 43.0 Å². The smallest absolute Gasteiger partial charge is 0.0314 e. The van der Waals surface area contributed by atoms with Gasteiger partial charge in [-0.3, -0.25) is 4.90 Å². The van der Waals surface area contributed by atoms with Crippen molar-refractivity contribution in [1.82, 2.24) is 4.90 Å². The van der Waals surface area contributed by atoms with Gasteiger partial charge in [-0.25, -0.2) is 0 Å². The number of nitrogens with zero attached hydrogens (tertiary/aromatic N) is 1. The highest BCUT2D eigenvalue weighted by molar-refractivity contribution is 5.39. The van der Waals surface area contributed by atoms with Crippen LogP contribution < -0.4 is 5.73 Å². The highest BCUT2D eigenvalue weighted by atomic mass is 15.1. The van der Waals surface area contributed by atoms with Crippen molar-refractivity contribution in [1.29, 1.82) is 0 Å². The van der Waals surface area contributed by atoms with Crippen molar-refractivity contribution < 1.29 is 0 Å². The van der Waals surface area contributed by atoms with E-state index in [0.717, 1.165) is 24.7 Å². The van der Waals surface area contributed by atoms with E-state index in [-0.39, 0.29) is 0 Å². The maximum Gasteiger partial charge on any atom is 0.0314 e. The van der Waals surface area contributed by atoms with Gasteiger partial charge in [0.05, 0.1) is 0 Å². The fourth-order valence-corrected chi connectivity index (χ4v) is 2.92. The standard InChI is InChI=1S/C16H26N2/c1-2-18(12-14-6-4-3-5-7-14)13-15-8-10-16(17)11-9-15/h8-11,14H,2-7,12-13,17H2,1H3. The van der Waals surface area contributed by atoms with E-state index >= 15 is 0 Å². The van der Waals surface area contributed by atoms with Crippen LogP contribution in [0.5, 0.6) is 0 Å². The molecule has 0 aliphatic heterocycles. The van der Waals surface area contributed by atoms with E-state index in [2.05, 4.69) is 24.0 Å². The summed E-state index contributed by atoms with van der Waals surface area (Å²) in [6, 6.07) is 8.31. The van der Waals surface area contributed by atoms with Crippen molar-refractivity contribution in [3.8, 4) is 0 Å². The van der Waals surface area contributed by atoms with E-state index in [4.69, 9.17) is 5.73 Å². The Kier molecular flexibility index (Phi) is 5.06. The van der Waals surface area contributed by atoms with Crippen LogP contribution in [-0.4, -0.2) is 18.0 Å². The van der Waals surface area contributed by atoms with Crippen LogP contribution in [0.4, 0.5) is 5.69 Å². The third kappa shape index (κ3) is 4.02. The summed E-state index contributed by atoms with van der Waals surface area (Å²) in [7, 11) is 0.